The zero-order valence-electron chi connectivity index (χ0n) is 13.4. The SMILES string of the molecule is CCn1ccnc1[C@@H]1OCCC[C@H]1NC(=O)Cc1nonc1C. The molecule has 1 aliphatic rings. The van der Waals surface area contributed by atoms with Crippen molar-refractivity contribution in [1.29, 1.82) is 0 Å². The summed E-state index contributed by atoms with van der Waals surface area (Å²) < 4.78 is 12.6. The van der Waals surface area contributed by atoms with Crippen molar-refractivity contribution in [2.24, 2.45) is 0 Å². The van der Waals surface area contributed by atoms with Crippen molar-refractivity contribution in [3.8, 4) is 0 Å². The second-order valence-corrected chi connectivity index (χ2v) is 5.65. The van der Waals surface area contributed by atoms with E-state index < -0.39 is 0 Å². The maximum absolute atomic E-state index is 12.3. The molecule has 1 fully saturated rings. The van der Waals surface area contributed by atoms with Gasteiger partial charge in [-0.1, -0.05) is 10.3 Å². The average Bonchev–Trinajstić information content (AvgIpc) is 3.17. The lowest BCUT2D eigenvalue weighted by atomic mass is 10.0. The van der Waals surface area contributed by atoms with Gasteiger partial charge in [0.2, 0.25) is 5.91 Å². The molecule has 3 rings (SSSR count). The molecule has 0 unspecified atom stereocenters. The first kappa shape index (κ1) is 15.7. The van der Waals surface area contributed by atoms with Gasteiger partial charge in [0, 0.05) is 25.5 Å². The number of rotatable bonds is 5. The summed E-state index contributed by atoms with van der Waals surface area (Å²) in [6.07, 6.45) is 5.40. The number of ether oxygens (including phenoxy) is 1. The van der Waals surface area contributed by atoms with Crippen LogP contribution >= 0.6 is 0 Å². The third kappa shape index (κ3) is 3.42. The molecule has 2 aromatic rings. The Morgan fingerprint density at radius 2 is 2.35 bits per heavy atom. The van der Waals surface area contributed by atoms with Crippen LogP contribution in [0, 0.1) is 6.92 Å². The van der Waals surface area contributed by atoms with E-state index in [0.29, 0.717) is 18.0 Å². The molecule has 8 nitrogen and oxygen atoms in total. The lowest BCUT2D eigenvalue weighted by Gasteiger charge is -2.32. The van der Waals surface area contributed by atoms with Crippen LogP contribution in [0.1, 0.15) is 43.1 Å². The van der Waals surface area contributed by atoms with Crippen molar-refractivity contribution < 1.29 is 14.2 Å². The molecule has 3 heterocycles. The number of carbonyl (C=O) groups excluding carboxylic acids is 1. The second-order valence-electron chi connectivity index (χ2n) is 5.65. The standard InChI is InChI=1S/C15H21N5O3/c1-3-20-7-6-16-15(20)14-11(5-4-8-22-14)17-13(21)9-12-10(2)18-23-19-12/h6-7,11,14H,3-5,8-9H2,1-2H3,(H,17,21)/t11-,14-/m1/s1. The number of amides is 1. The van der Waals surface area contributed by atoms with E-state index in [2.05, 4.69) is 32.2 Å². The minimum Gasteiger partial charge on any atom is -0.368 e. The highest BCUT2D eigenvalue weighted by molar-refractivity contribution is 5.78. The van der Waals surface area contributed by atoms with Gasteiger partial charge in [0.1, 0.15) is 23.3 Å². The maximum atomic E-state index is 12.3. The number of nitrogens with one attached hydrogen (secondary N) is 1. The minimum absolute atomic E-state index is 0.0934. The van der Waals surface area contributed by atoms with Gasteiger partial charge in [-0.25, -0.2) is 9.61 Å². The predicted octanol–water partition coefficient (Wildman–Crippen LogP) is 1.17. The Labute approximate surface area is 134 Å². The molecule has 1 saturated heterocycles. The number of carbonyl (C=O) groups is 1. The molecule has 0 spiro atoms. The molecule has 2 aromatic heterocycles. The van der Waals surface area contributed by atoms with Gasteiger partial charge in [0.05, 0.1) is 12.5 Å². The Hall–Kier alpha value is -2.22. The van der Waals surface area contributed by atoms with Crippen molar-refractivity contribution in [3.05, 3.63) is 29.6 Å². The molecule has 0 aliphatic carbocycles. The van der Waals surface area contributed by atoms with Crippen LogP contribution in [-0.2, 0) is 22.5 Å². The Morgan fingerprint density at radius 1 is 1.48 bits per heavy atom. The van der Waals surface area contributed by atoms with Crippen LogP contribution in [0.5, 0.6) is 0 Å². The smallest absolute Gasteiger partial charge is 0.226 e. The number of aromatic nitrogens is 4. The van der Waals surface area contributed by atoms with Crippen LogP contribution in [0.2, 0.25) is 0 Å². The molecule has 0 aromatic carbocycles. The summed E-state index contributed by atoms with van der Waals surface area (Å²) in [5, 5.41) is 10.5. The quantitative estimate of drug-likeness (QED) is 0.889. The number of hydrogen-bond acceptors (Lipinski definition) is 6. The van der Waals surface area contributed by atoms with E-state index in [1.165, 1.54) is 0 Å². The Kier molecular flexibility index (Phi) is 4.71. The van der Waals surface area contributed by atoms with E-state index in [4.69, 9.17) is 4.74 Å². The highest BCUT2D eigenvalue weighted by Gasteiger charge is 2.32. The fourth-order valence-corrected chi connectivity index (χ4v) is 2.85. The van der Waals surface area contributed by atoms with Crippen molar-refractivity contribution in [2.75, 3.05) is 6.61 Å². The second kappa shape index (κ2) is 6.91. The highest BCUT2D eigenvalue weighted by atomic mass is 16.6. The van der Waals surface area contributed by atoms with E-state index >= 15 is 0 Å². The number of nitrogens with zero attached hydrogens (tertiary/aromatic N) is 4. The first-order valence-corrected chi connectivity index (χ1v) is 7.89. The molecule has 2 atom stereocenters. The predicted molar refractivity (Wildman–Crippen MR) is 80.5 cm³/mol. The van der Waals surface area contributed by atoms with Crippen LogP contribution in [0.4, 0.5) is 0 Å². The maximum Gasteiger partial charge on any atom is 0.226 e. The van der Waals surface area contributed by atoms with Gasteiger partial charge in [-0.05, 0) is 26.7 Å². The molecule has 0 radical (unpaired) electrons. The molecule has 1 aliphatic heterocycles. The summed E-state index contributed by atoms with van der Waals surface area (Å²) in [6, 6.07) is -0.0934. The monoisotopic (exact) mass is 319 g/mol. The molecule has 0 saturated carbocycles. The van der Waals surface area contributed by atoms with Gasteiger partial charge in [0.25, 0.3) is 0 Å². The van der Waals surface area contributed by atoms with Gasteiger partial charge >= 0.3 is 0 Å². The summed E-state index contributed by atoms with van der Waals surface area (Å²) in [7, 11) is 0. The Balaban J connectivity index is 1.69. The molecular formula is C15H21N5O3. The fourth-order valence-electron chi connectivity index (χ4n) is 2.85. The van der Waals surface area contributed by atoms with Crippen LogP contribution in [0.15, 0.2) is 17.0 Å². The van der Waals surface area contributed by atoms with E-state index in [-0.39, 0.29) is 24.5 Å². The molecule has 23 heavy (non-hydrogen) atoms. The normalized spacial score (nSPS) is 21.3. The highest BCUT2D eigenvalue weighted by Crippen LogP contribution is 2.27. The van der Waals surface area contributed by atoms with E-state index in [9.17, 15) is 4.79 Å². The van der Waals surface area contributed by atoms with Gasteiger partial charge in [-0.15, -0.1) is 0 Å². The number of imidazole rings is 1. The largest absolute Gasteiger partial charge is 0.368 e. The first-order valence-electron chi connectivity index (χ1n) is 7.89. The van der Waals surface area contributed by atoms with Crippen LogP contribution in [0.3, 0.4) is 0 Å². The first-order chi connectivity index (χ1) is 11.2. The average molecular weight is 319 g/mol. The molecule has 124 valence electrons. The summed E-state index contributed by atoms with van der Waals surface area (Å²) in [5.41, 5.74) is 1.20. The third-order valence-electron chi connectivity index (χ3n) is 4.09. The van der Waals surface area contributed by atoms with Crippen molar-refractivity contribution in [1.82, 2.24) is 25.2 Å². The van der Waals surface area contributed by atoms with Gasteiger partial charge in [-0.3, -0.25) is 4.79 Å². The zero-order valence-corrected chi connectivity index (χ0v) is 13.4. The molecule has 1 amide bonds. The minimum atomic E-state index is -0.223. The third-order valence-corrected chi connectivity index (χ3v) is 4.09. The van der Waals surface area contributed by atoms with Crippen LogP contribution in [0.25, 0.3) is 0 Å². The van der Waals surface area contributed by atoms with E-state index in [1.807, 2.05) is 10.8 Å². The lowest BCUT2D eigenvalue weighted by molar-refractivity contribution is -0.123. The topological polar surface area (TPSA) is 95.1 Å². The number of hydrogen-bond donors (Lipinski definition) is 1. The Bertz CT molecular complexity index is 666. The van der Waals surface area contributed by atoms with Crippen LogP contribution in [-0.4, -0.2) is 38.4 Å². The lowest BCUT2D eigenvalue weighted by Crippen LogP contribution is -2.44. The zero-order chi connectivity index (χ0) is 16.2. The van der Waals surface area contributed by atoms with E-state index in [1.54, 1.807) is 13.1 Å². The molecule has 0 bridgehead atoms. The van der Waals surface area contributed by atoms with Crippen molar-refractivity contribution >= 4 is 5.91 Å². The van der Waals surface area contributed by atoms with Gasteiger partial charge in [-0.2, -0.15) is 0 Å². The summed E-state index contributed by atoms with van der Waals surface area (Å²) >= 11 is 0. The summed E-state index contributed by atoms with van der Waals surface area (Å²) in [6.45, 7) is 5.32. The van der Waals surface area contributed by atoms with E-state index in [0.717, 1.165) is 25.2 Å². The van der Waals surface area contributed by atoms with Gasteiger partial charge < -0.3 is 14.6 Å². The number of aryl methyl sites for hydroxylation is 2. The molecule has 8 heteroatoms. The summed E-state index contributed by atoms with van der Waals surface area (Å²) in [5.74, 6) is 0.746. The van der Waals surface area contributed by atoms with Crippen LogP contribution < -0.4 is 5.32 Å². The summed E-state index contributed by atoms with van der Waals surface area (Å²) in [4.78, 5) is 16.7. The molecular weight excluding hydrogens is 298 g/mol. The van der Waals surface area contributed by atoms with Crippen molar-refractivity contribution in [3.63, 3.8) is 0 Å². The van der Waals surface area contributed by atoms with Crippen molar-refractivity contribution in [2.45, 2.75) is 51.8 Å². The van der Waals surface area contributed by atoms with Gasteiger partial charge in [0.15, 0.2) is 0 Å². The Morgan fingerprint density at radius 3 is 3.09 bits per heavy atom. The molecule has 1 N–H and O–H groups in total. The fraction of sp³-hybridized carbons (Fsp3) is 0.600.